The summed E-state index contributed by atoms with van der Waals surface area (Å²) in [5, 5.41) is 2.99. The van der Waals surface area contributed by atoms with Gasteiger partial charge < -0.3 is 9.73 Å². The monoisotopic (exact) mass is 327 g/mol. The smallest absolute Gasteiger partial charge is 0.220 e. The fourth-order valence-electron chi connectivity index (χ4n) is 2.85. The maximum absolute atomic E-state index is 11.9. The van der Waals surface area contributed by atoms with Crippen molar-refractivity contribution in [2.45, 2.75) is 38.6 Å². The number of oxazole rings is 1. The zero-order valence-electron chi connectivity index (χ0n) is 14.2. The summed E-state index contributed by atoms with van der Waals surface area (Å²) < 4.78 is 5.72. The van der Waals surface area contributed by atoms with Crippen LogP contribution < -0.4 is 5.32 Å². The van der Waals surface area contributed by atoms with E-state index in [9.17, 15) is 4.79 Å². The lowest BCUT2D eigenvalue weighted by atomic mass is 10.2. The molecular formula is C19H25N3O2. The van der Waals surface area contributed by atoms with E-state index in [4.69, 9.17) is 4.42 Å². The van der Waals surface area contributed by atoms with Crippen LogP contribution in [-0.4, -0.2) is 41.5 Å². The molecule has 5 nitrogen and oxygen atoms in total. The Labute approximate surface area is 143 Å². The maximum atomic E-state index is 11.9. The van der Waals surface area contributed by atoms with Gasteiger partial charge in [-0.25, -0.2) is 4.98 Å². The van der Waals surface area contributed by atoms with Crippen LogP contribution in [-0.2, 0) is 11.2 Å². The van der Waals surface area contributed by atoms with Gasteiger partial charge in [0.1, 0.15) is 0 Å². The van der Waals surface area contributed by atoms with Crippen LogP contribution in [0, 0.1) is 0 Å². The predicted molar refractivity (Wildman–Crippen MR) is 93.5 cm³/mol. The number of amides is 1. The van der Waals surface area contributed by atoms with Gasteiger partial charge in [-0.2, -0.15) is 0 Å². The average molecular weight is 327 g/mol. The molecule has 1 saturated carbocycles. The first kappa shape index (κ1) is 16.7. The van der Waals surface area contributed by atoms with Gasteiger partial charge in [0.2, 0.25) is 5.91 Å². The third kappa shape index (κ3) is 4.68. The van der Waals surface area contributed by atoms with Crippen molar-refractivity contribution in [3.63, 3.8) is 0 Å². The van der Waals surface area contributed by atoms with Crippen LogP contribution in [0.2, 0.25) is 0 Å². The minimum Gasteiger partial charge on any atom is -0.441 e. The third-order valence-electron chi connectivity index (χ3n) is 4.37. The number of benzene rings is 1. The minimum atomic E-state index is 0.0568. The van der Waals surface area contributed by atoms with E-state index in [1.54, 1.807) is 6.20 Å². The standard InChI is InChI=1S/C19H25N3O2/c1-2-22(16-8-9-16)13-12-20-18(23)10-11-19-21-14-17(24-19)15-6-4-3-5-7-15/h3-7,14,16H,2,8-13H2,1H3,(H,20,23). The largest absolute Gasteiger partial charge is 0.441 e. The number of aryl methyl sites for hydroxylation is 1. The number of nitrogens with one attached hydrogen (secondary N) is 1. The minimum absolute atomic E-state index is 0.0568. The number of likely N-dealkylation sites (N-methyl/N-ethyl adjacent to an activating group) is 1. The number of hydrogen-bond acceptors (Lipinski definition) is 4. The molecule has 0 spiro atoms. The Kier molecular flexibility index (Phi) is 5.64. The number of carbonyl (C=O) groups is 1. The molecule has 3 rings (SSSR count). The van der Waals surface area contributed by atoms with E-state index < -0.39 is 0 Å². The SMILES string of the molecule is CCN(CCNC(=O)CCc1ncc(-c2ccccc2)o1)C1CC1. The Morgan fingerprint density at radius 3 is 2.83 bits per heavy atom. The Bertz CT molecular complexity index is 650. The van der Waals surface area contributed by atoms with Crippen molar-refractivity contribution in [2.75, 3.05) is 19.6 Å². The molecule has 1 heterocycles. The van der Waals surface area contributed by atoms with Gasteiger partial charge in [-0.3, -0.25) is 9.69 Å². The molecule has 1 N–H and O–H groups in total. The fourth-order valence-corrected chi connectivity index (χ4v) is 2.85. The summed E-state index contributed by atoms with van der Waals surface area (Å²) in [4.78, 5) is 18.6. The second kappa shape index (κ2) is 8.11. The lowest BCUT2D eigenvalue weighted by molar-refractivity contribution is -0.121. The van der Waals surface area contributed by atoms with Crippen molar-refractivity contribution in [2.24, 2.45) is 0 Å². The first-order chi connectivity index (χ1) is 11.8. The van der Waals surface area contributed by atoms with Gasteiger partial charge in [0.15, 0.2) is 11.7 Å². The first-order valence-corrected chi connectivity index (χ1v) is 8.77. The van der Waals surface area contributed by atoms with Crippen LogP contribution in [0.1, 0.15) is 32.1 Å². The maximum Gasteiger partial charge on any atom is 0.220 e. The molecule has 0 radical (unpaired) electrons. The average Bonchev–Trinajstić information content (AvgIpc) is 3.35. The lowest BCUT2D eigenvalue weighted by Gasteiger charge is -2.19. The van der Waals surface area contributed by atoms with E-state index in [1.165, 1.54) is 12.8 Å². The van der Waals surface area contributed by atoms with Crippen LogP contribution >= 0.6 is 0 Å². The molecule has 2 aromatic rings. The summed E-state index contributed by atoms with van der Waals surface area (Å²) >= 11 is 0. The highest BCUT2D eigenvalue weighted by Crippen LogP contribution is 2.25. The summed E-state index contributed by atoms with van der Waals surface area (Å²) in [5.74, 6) is 1.41. The van der Waals surface area contributed by atoms with E-state index in [-0.39, 0.29) is 5.91 Å². The topological polar surface area (TPSA) is 58.4 Å². The first-order valence-electron chi connectivity index (χ1n) is 8.77. The van der Waals surface area contributed by atoms with Crippen LogP contribution in [0.15, 0.2) is 40.9 Å². The van der Waals surface area contributed by atoms with Gasteiger partial charge >= 0.3 is 0 Å². The zero-order valence-corrected chi connectivity index (χ0v) is 14.2. The molecule has 5 heteroatoms. The second-order valence-corrected chi connectivity index (χ2v) is 6.19. The molecule has 1 fully saturated rings. The number of carbonyl (C=O) groups excluding carboxylic acids is 1. The normalized spacial score (nSPS) is 14.1. The molecule has 1 aliphatic carbocycles. The summed E-state index contributed by atoms with van der Waals surface area (Å²) in [5.41, 5.74) is 1.00. The molecule has 1 aliphatic rings. The van der Waals surface area contributed by atoms with Crippen LogP contribution in [0.3, 0.4) is 0 Å². The number of hydrogen-bond donors (Lipinski definition) is 1. The van der Waals surface area contributed by atoms with Crippen molar-refractivity contribution in [1.82, 2.24) is 15.2 Å². The van der Waals surface area contributed by atoms with Crippen LogP contribution in [0.25, 0.3) is 11.3 Å². The van der Waals surface area contributed by atoms with Gasteiger partial charge in [-0.15, -0.1) is 0 Å². The highest BCUT2D eigenvalue weighted by atomic mass is 16.4. The quantitative estimate of drug-likeness (QED) is 0.769. The summed E-state index contributed by atoms with van der Waals surface area (Å²) in [6.07, 6.45) is 5.26. The molecule has 0 unspecified atom stereocenters. The fraction of sp³-hybridized carbons (Fsp3) is 0.474. The van der Waals surface area contributed by atoms with E-state index in [1.807, 2.05) is 30.3 Å². The highest BCUT2D eigenvalue weighted by molar-refractivity contribution is 5.76. The predicted octanol–water partition coefficient (Wildman–Crippen LogP) is 2.87. The molecule has 128 valence electrons. The molecule has 24 heavy (non-hydrogen) atoms. The molecule has 0 saturated heterocycles. The summed E-state index contributed by atoms with van der Waals surface area (Å²) in [6, 6.07) is 10.6. The second-order valence-electron chi connectivity index (χ2n) is 6.19. The van der Waals surface area contributed by atoms with Crippen molar-refractivity contribution in [3.05, 3.63) is 42.4 Å². The Morgan fingerprint density at radius 1 is 1.33 bits per heavy atom. The van der Waals surface area contributed by atoms with Crippen LogP contribution in [0.4, 0.5) is 0 Å². The molecule has 0 aliphatic heterocycles. The number of aromatic nitrogens is 1. The van der Waals surface area contributed by atoms with Crippen LogP contribution in [0.5, 0.6) is 0 Å². The molecule has 1 amide bonds. The highest BCUT2D eigenvalue weighted by Gasteiger charge is 2.27. The van der Waals surface area contributed by atoms with Gasteiger partial charge in [0, 0.05) is 37.5 Å². The Morgan fingerprint density at radius 2 is 2.12 bits per heavy atom. The Hall–Kier alpha value is -2.14. The molecule has 0 atom stereocenters. The van der Waals surface area contributed by atoms with Gasteiger partial charge in [0.25, 0.3) is 0 Å². The van der Waals surface area contributed by atoms with Crippen molar-refractivity contribution >= 4 is 5.91 Å². The number of rotatable bonds is 9. The number of nitrogens with zero attached hydrogens (tertiary/aromatic N) is 2. The van der Waals surface area contributed by atoms with Gasteiger partial charge in [-0.1, -0.05) is 37.3 Å². The molecular weight excluding hydrogens is 302 g/mol. The molecule has 0 bridgehead atoms. The van der Waals surface area contributed by atoms with Crippen molar-refractivity contribution in [1.29, 1.82) is 0 Å². The van der Waals surface area contributed by atoms with E-state index in [0.717, 1.165) is 30.5 Å². The van der Waals surface area contributed by atoms with E-state index in [2.05, 4.69) is 22.1 Å². The summed E-state index contributed by atoms with van der Waals surface area (Å²) in [7, 11) is 0. The van der Waals surface area contributed by atoms with Crippen molar-refractivity contribution in [3.8, 4) is 11.3 Å². The van der Waals surface area contributed by atoms with Gasteiger partial charge in [-0.05, 0) is 19.4 Å². The van der Waals surface area contributed by atoms with E-state index in [0.29, 0.717) is 25.3 Å². The van der Waals surface area contributed by atoms with Gasteiger partial charge in [0.05, 0.1) is 6.20 Å². The summed E-state index contributed by atoms with van der Waals surface area (Å²) in [6.45, 7) is 4.88. The van der Waals surface area contributed by atoms with E-state index >= 15 is 0 Å². The Balaban J connectivity index is 1.39. The molecule has 1 aromatic carbocycles. The lowest BCUT2D eigenvalue weighted by Crippen LogP contribution is -2.36. The molecule has 1 aromatic heterocycles. The zero-order chi connectivity index (χ0) is 16.8. The van der Waals surface area contributed by atoms with Crippen molar-refractivity contribution < 1.29 is 9.21 Å². The third-order valence-corrected chi connectivity index (χ3v) is 4.37.